The van der Waals surface area contributed by atoms with E-state index in [-0.39, 0.29) is 12.8 Å². The molecule has 3 aliphatic rings. The van der Waals surface area contributed by atoms with Crippen LogP contribution in [0, 0.1) is 29.6 Å². The van der Waals surface area contributed by atoms with Crippen LogP contribution in [-0.2, 0) is 0 Å². The third-order valence-corrected chi connectivity index (χ3v) is 7.50. The highest BCUT2D eigenvalue weighted by molar-refractivity contribution is 4.87. The second kappa shape index (κ2) is 7.83. The smallest absolute Gasteiger partial charge is 0.207 e. The summed E-state index contributed by atoms with van der Waals surface area (Å²) >= 11 is 0. The molecule has 0 aromatic rings. The van der Waals surface area contributed by atoms with Crippen molar-refractivity contribution in [3.63, 3.8) is 0 Å². The van der Waals surface area contributed by atoms with Gasteiger partial charge in [-0.1, -0.05) is 32.6 Å². The van der Waals surface area contributed by atoms with Crippen molar-refractivity contribution in [3.8, 4) is 0 Å². The second-order valence-corrected chi connectivity index (χ2v) is 8.94. The van der Waals surface area contributed by atoms with Crippen LogP contribution in [0.3, 0.4) is 0 Å². The summed E-state index contributed by atoms with van der Waals surface area (Å²) in [4.78, 5) is 0. The maximum atomic E-state index is 13.3. The molecule has 0 unspecified atom stereocenters. The summed E-state index contributed by atoms with van der Waals surface area (Å²) in [6, 6.07) is 0. The van der Waals surface area contributed by atoms with Gasteiger partial charge in [0, 0.05) is 12.8 Å². The van der Waals surface area contributed by atoms with E-state index in [0.717, 1.165) is 36.5 Å². The Morgan fingerprint density at radius 3 is 1.48 bits per heavy atom. The Morgan fingerprint density at radius 2 is 1.04 bits per heavy atom. The van der Waals surface area contributed by atoms with Crippen LogP contribution >= 0.6 is 0 Å². The van der Waals surface area contributed by atoms with E-state index in [2.05, 4.69) is 6.92 Å². The molecule has 0 atom stereocenters. The van der Waals surface area contributed by atoms with Crippen molar-refractivity contribution in [1.29, 1.82) is 0 Å². The zero-order chi connectivity index (χ0) is 16.3. The number of alkyl halides is 2. The average molecular weight is 327 g/mol. The largest absolute Gasteiger partial charge is 0.248 e. The monoisotopic (exact) mass is 326 g/mol. The lowest BCUT2D eigenvalue weighted by Gasteiger charge is -2.41. The van der Waals surface area contributed by atoms with Crippen LogP contribution in [0.1, 0.15) is 96.8 Å². The number of hydrogen-bond donors (Lipinski definition) is 0. The fourth-order valence-corrected chi connectivity index (χ4v) is 5.98. The quantitative estimate of drug-likeness (QED) is 0.511. The van der Waals surface area contributed by atoms with Gasteiger partial charge >= 0.3 is 0 Å². The Kier molecular flexibility index (Phi) is 6.02. The molecule has 134 valence electrons. The summed E-state index contributed by atoms with van der Waals surface area (Å²) in [7, 11) is 0. The fourth-order valence-electron chi connectivity index (χ4n) is 5.98. The van der Waals surface area contributed by atoms with Crippen molar-refractivity contribution in [2.24, 2.45) is 29.6 Å². The second-order valence-electron chi connectivity index (χ2n) is 8.94. The normalized spacial score (nSPS) is 39.3. The first-order valence-corrected chi connectivity index (χ1v) is 10.4. The van der Waals surface area contributed by atoms with Gasteiger partial charge in [-0.3, -0.25) is 0 Å². The topological polar surface area (TPSA) is 0 Å². The van der Waals surface area contributed by atoms with Crippen LogP contribution < -0.4 is 0 Å². The molecule has 0 N–H and O–H groups in total. The molecule has 0 amide bonds. The van der Waals surface area contributed by atoms with Crippen LogP contribution in [0.2, 0.25) is 0 Å². The molecule has 3 aliphatic carbocycles. The third-order valence-electron chi connectivity index (χ3n) is 7.50. The van der Waals surface area contributed by atoms with Crippen molar-refractivity contribution in [3.05, 3.63) is 0 Å². The molecule has 2 heteroatoms. The highest BCUT2D eigenvalue weighted by Gasteiger charge is 2.39. The summed E-state index contributed by atoms with van der Waals surface area (Å²) in [5.41, 5.74) is 0. The van der Waals surface area contributed by atoms with Gasteiger partial charge in [-0.2, -0.15) is 0 Å². The Hall–Kier alpha value is -0.140. The van der Waals surface area contributed by atoms with Crippen LogP contribution in [0.15, 0.2) is 0 Å². The van der Waals surface area contributed by atoms with Gasteiger partial charge in [0.25, 0.3) is 0 Å². The zero-order valence-electron chi connectivity index (χ0n) is 15.0. The van der Waals surface area contributed by atoms with E-state index in [9.17, 15) is 8.78 Å². The average Bonchev–Trinajstić information content (AvgIpc) is 2.56. The predicted molar refractivity (Wildman–Crippen MR) is 92.7 cm³/mol. The molecular weight excluding hydrogens is 290 g/mol. The first-order chi connectivity index (χ1) is 11.1. The molecule has 0 spiro atoms. The van der Waals surface area contributed by atoms with E-state index >= 15 is 0 Å². The maximum absolute atomic E-state index is 13.3. The highest BCUT2D eigenvalue weighted by atomic mass is 19.3. The molecule has 0 radical (unpaired) electrons. The highest BCUT2D eigenvalue weighted by Crippen LogP contribution is 2.47. The molecule has 0 bridgehead atoms. The summed E-state index contributed by atoms with van der Waals surface area (Å²) in [6.07, 6.45) is 16.0. The van der Waals surface area contributed by atoms with Crippen LogP contribution in [0.4, 0.5) is 8.78 Å². The first kappa shape index (κ1) is 17.7. The molecule has 0 saturated heterocycles. The van der Waals surface area contributed by atoms with Crippen LogP contribution in [-0.4, -0.2) is 5.92 Å². The Labute approximate surface area is 141 Å². The Balaban J connectivity index is 1.39. The molecule has 0 aromatic carbocycles. The lowest BCUT2D eigenvalue weighted by molar-refractivity contribution is -0.0557. The molecule has 3 fully saturated rings. The molecule has 0 aromatic heterocycles. The first-order valence-electron chi connectivity index (χ1n) is 10.4. The van der Waals surface area contributed by atoms with E-state index in [1.807, 2.05) is 0 Å². The van der Waals surface area contributed by atoms with E-state index in [1.165, 1.54) is 64.2 Å². The predicted octanol–water partition coefficient (Wildman–Crippen LogP) is 7.22. The van der Waals surface area contributed by atoms with Crippen molar-refractivity contribution in [1.82, 2.24) is 0 Å². The maximum Gasteiger partial charge on any atom is 0.248 e. The SMILES string of the molecule is CCCC1CCC(C2CCC(C3CCC(F)(F)CC3)CC2)CC1. The molecule has 0 aliphatic heterocycles. The van der Waals surface area contributed by atoms with Gasteiger partial charge in [0.05, 0.1) is 0 Å². The van der Waals surface area contributed by atoms with Crippen molar-refractivity contribution in [2.45, 2.75) is 103 Å². The van der Waals surface area contributed by atoms with Gasteiger partial charge in [0.1, 0.15) is 0 Å². The van der Waals surface area contributed by atoms with E-state index in [1.54, 1.807) is 0 Å². The lowest BCUT2D eigenvalue weighted by atomic mass is 9.65. The van der Waals surface area contributed by atoms with Gasteiger partial charge < -0.3 is 0 Å². The summed E-state index contributed by atoms with van der Waals surface area (Å²) < 4.78 is 26.7. The Bertz CT molecular complexity index is 339. The van der Waals surface area contributed by atoms with Crippen molar-refractivity contribution in [2.75, 3.05) is 0 Å². The van der Waals surface area contributed by atoms with Gasteiger partial charge in [-0.05, 0) is 81.0 Å². The van der Waals surface area contributed by atoms with E-state index in [4.69, 9.17) is 0 Å². The van der Waals surface area contributed by atoms with Crippen LogP contribution in [0.25, 0.3) is 0 Å². The van der Waals surface area contributed by atoms with Gasteiger partial charge in [0.2, 0.25) is 5.92 Å². The number of rotatable bonds is 4. The lowest BCUT2D eigenvalue weighted by Crippen LogP contribution is -2.32. The molecule has 3 saturated carbocycles. The minimum atomic E-state index is -2.36. The molecule has 3 rings (SSSR count). The minimum absolute atomic E-state index is 0.152. The van der Waals surface area contributed by atoms with Gasteiger partial charge in [-0.25, -0.2) is 8.78 Å². The molecule has 0 nitrogen and oxygen atoms in total. The molecule has 0 heterocycles. The zero-order valence-corrected chi connectivity index (χ0v) is 15.0. The Morgan fingerprint density at radius 1 is 0.652 bits per heavy atom. The minimum Gasteiger partial charge on any atom is -0.207 e. The summed E-state index contributed by atoms with van der Waals surface area (Å²) in [5.74, 6) is 1.97. The number of hydrogen-bond acceptors (Lipinski definition) is 0. The fraction of sp³-hybridized carbons (Fsp3) is 1.00. The van der Waals surface area contributed by atoms with Crippen LogP contribution in [0.5, 0.6) is 0 Å². The van der Waals surface area contributed by atoms with Gasteiger partial charge in [-0.15, -0.1) is 0 Å². The molecule has 23 heavy (non-hydrogen) atoms. The third kappa shape index (κ3) is 4.69. The van der Waals surface area contributed by atoms with E-state index < -0.39 is 5.92 Å². The summed E-state index contributed by atoms with van der Waals surface area (Å²) in [6.45, 7) is 2.31. The molecular formula is C21H36F2. The van der Waals surface area contributed by atoms with Crippen molar-refractivity contribution >= 4 is 0 Å². The number of halogens is 2. The van der Waals surface area contributed by atoms with Crippen molar-refractivity contribution < 1.29 is 8.78 Å². The standard InChI is InChI=1S/C21H36F2/c1-2-3-16-4-6-17(7-5-16)18-8-10-19(11-9-18)20-12-14-21(22,23)15-13-20/h16-20H,2-15H2,1H3. The van der Waals surface area contributed by atoms with E-state index in [0.29, 0.717) is 5.92 Å². The summed E-state index contributed by atoms with van der Waals surface area (Å²) in [5, 5.41) is 0. The van der Waals surface area contributed by atoms with Gasteiger partial charge in [0.15, 0.2) is 0 Å².